The van der Waals surface area contributed by atoms with E-state index in [9.17, 15) is 8.76 Å². The Hall–Kier alpha value is -1.85. The van der Waals surface area contributed by atoms with Crippen LogP contribution in [0.3, 0.4) is 0 Å². The fraction of sp³-hybridized carbons (Fsp3) is 0.0769. The Bertz CT molecular complexity index is 528. The zero-order valence-corrected chi connectivity index (χ0v) is 10.3. The van der Waals surface area contributed by atoms with Crippen LogP contribution >= 0.6 is 0 Å². The van der Waals surface area contributed by atoms with Crippen LogP contribution in [0.25, 0.3) is 0 Å². The maximum Gasteiger partial charge on any atom is 0.185 e. The maximum atomic E-state index is 11.2. The van der Waals surface area contributed by atoms with Crippen molar-refractivity contribution in [2.75, 3.05) is 5.73 Å². The van der Waals surface area contributed by atoms with Gasteiger partial charge in [-0.3, -0.25) is 4.21 Å². The second-order valence-corrected chi connectivity index (χ2v) is 4.64. The highest BCUT2D eigenvalue weighted by Gasteiger charge is 2.13. The van der Waals surface area contributed by atoms with Gasteiger partial charge in [-0.05, 0) is 35.3 Å². The molecule has 0 saturated heterocycles. The molecule has 0 amide bonds. The predicted molar refractivity (Wildman–Crippen MR) is 69.6 cm³/mol. The first kappa shape index (κ1) is 12.6. The van der Waals surface area contributed by atoms with Crippen molar-refractivity contribution in [1.29, 1.82) is 0 Å². The molecule has 0 aliphatic heterocycles. The third-order valence-electron chi connectivity index (χ3n) is 2.37. The van der Waals surface area contributed by atoms with E-state index in [2.05, 4.69) is 0 Å². The normalized spacial score (nSPS) is 13.8. The number of benzene rings is 2. The second-order valence-electron chi connectivity index (χ2n) is 3.69. The molecule has 2 rings (SSSR count). The zero-order valence-electron chi connectivity index (χ0n) is 9.48. The van der Waals surface area contributed by atoms with Crippen molar-refractivity contribution in [3.8, 4) is 5.75 Å². The summed E-state index contributed by atoms with van der Waals surface area (Å²) >= 11 is -2.36. The van der Waals surface area contributed by atoms with Crippen LogP contribution in [0.1, 0.15) is 11.0 Å². The molecule has 4 nitrogen and oxygen atoms in total. The van der Waals surface area contributed by atoms with E-state index in [1.165, 1.54) is 0 Å². The number of anilines is 1. The summed E-state index contributed by atoms with van der Waals surface area (Å²) in [5, 5.41) is 0. The van der Waals surface area contributed by atoms with Crippen molar-refractivity contribution in [1.82, 2.24) is 0 Å². The molecule has 0 aliphatic rings. The van der Waals surface area contributed by atoms with Crippen LogP contribution in [-0.4, -0.2) is 8.76 Å². The molecule has 5 heteroatoms. The maximum absolute atomic E-state index is 11.2. The SMILES string of the molecule is Nc1ccc(OC(c2ccccc2)S(=O)[O-])cc1. The average molecular weight is 262 g/mol. The first-order valence-electron chi connectivity index (χ1n) is 5.32. The van der Waals surface area contributed by atoms with Gasteiger partial charge in [-0.1, -0.05) is 30.3 Å². The van der Waals surface area contributed by atoms with Gasteiger partial charge < -0.3 is 15.0 Å². The minimum absolute atomic E-state index is 0.460. The molecule has 2 N–H and O–H groups in total. The van der Waals surface area contributed by atoms with E-state index in [-0.39, 0.29) is 0 Å². The van der Waals surface area contributed by atoms with Crippen LogP contribution in [0, 0.1) is 0 Å². The Labute approximate surface area is 108 Å². The topological polar surface area (TPSA) is 75.4 Å². The van der Waals surface area contributed by atoms with Gasteiger partial charge in [0, 0.05) is 11.3 Å². The van der Waals surface area contributed by atoms with Gasteiger partial charge in [-0.2, -0.15) is 0 Å². The molecule has 2 aromatic carbocycles. The quantitative estimate of drug-likeness (QED) is 0.677. The Kier molecular flexibility index (Phi) is 3.96. The summed E-state index contributed by atoms with van der Waals surface area (Å²) in [6, 6.07) is 15.3. The van der Waals surface area contributed by atoms with Crippen molar-refractivity contribution in [3.05, 3.63) is 60.2 Å². The standard InChI is InChI=1S/C13H13NO3S/c14-11-6-8-12(9-7-11)17-13(18(15)16)10-4-2-1-3-5-10/h1-9,13H,14H2,(H,15,16)/p-1. The van der Waals surface area contributed by atoms with Gasteiger partial charge >= 0.3 is 0 Å². The summed E-state index contributed by atoms with van der Waals surface area (Å²) in [5.41, 5.74) is 5.72. The first-order chi connectivity index (χ1) is 8.66. The van der Waals surface area contributed by atoms with Gasteiger partial charge in [0.15, 0.2) is 5.44 Å². The molecule has 0 heterocycles. The van der Waals surface area contributed by atoms with Gasteiger partial charge in [0.1, 0.15) is 5.75 Å². The molecule has 18 heavy (non-hydrogen) atoms. The van der Waals surface area contributed by atoms with Crippen molar-refractivity contribution in [2.24, 2.45) is 0 Å². The lowest BCUT2D eigenvalue weighted by atomic mass is 10.2. The van der Waals surface area contributed by atoms with Crippen LogP contribution in [0.4, 0.5) is 5.69 Å². The molecule has 0 radical (unpaired) electrons. The van der Waals surface area contributed by atoms with E-state index in [0.29, 0.717) is 17.0 Å². The number of hydrogen-bond acceptors (Lipinski definition) is 4. The molecule has 2 atom stereocenters. The van der Waals surface area contributed by atoms with E-state index in [1.807, 2.05) is 6.07 Å². The fourth-order valence-electron chi connectivity index (χ4n) is 1.50. The molecule has 94 valence electrons. The van der Waals surface area contributed by atoms with Crippen molar-refractivity contribution in [2.45, 2.75) is 5.44 Å². The van der Waals surface area contributed by atoms with Crippen molar-refractivity contribution >= 4 is 16.8 Å². The third-order valence-corrected chi connectivity index (χ3v) is 3.09. The summed E-state index contributed by atoms with van der Waals surface area (Å²) in [7, 11) is 0. The molecule has 0 saturated carbocycles. The molecular weight excluding hydrogens is 250 g/mol. The van der Waals surface area contributed by atoms with E-state index in [1.54, 1.807) is 48.5 Å². The number of ether oxygens (including phenoxy) is 1. The molecular formula is C13H12NO3S-. The lowest BCUT2D eigenvalue weighted by Crippen LogP contribution is -2.13. The van der Waals surface area contributed by atoms with Crippen LogP contribution < -0.4 is 10.5 Å². The van der Waals surface area contributed by atoms with E-state index >= 15 is 0 Å². The Morgan fingerprint density at radius 1 is 1.06 bits per heavy atom. The summed E-state index contributed by atoms with van der Waals surface area (Å²) < 4.78 is 27.9. The molecule has 0 aromatic heterocycles. The van der Waals surface area contributed by atoms with Crippen molar-refractivity contribution < 1.29 is 13.5 Å². The monoisotopic (exact) mass is 262 g/mol. The lowest BCUT2D eigenvalue weighted by Gasteiger charge is -2.21. The minimum Gasteiger partial charge on any atom is -0.769 e. The third kappa shape index (κ3) is 3.09. The summed E-state index contributed by atoms with van der Waals surface area (Å²) in [5.74, 6) is 0.460. The van der Waals surface area contributed by atoms with E-state index < -0.39 is 16.5 Å². The number of nitrogen functional groups attached to an aromatic ring is 1. The summed E-state index contributed by atoms with van der Waals surface area (Å²) in [4.78, 5) is 0. The first-order valence-corrected chi connectivity index (χ1v) is 6.46. The van der Waals surface area contributed by atoms with E-state index in [0.717, 1.165) is 0 Å². The number of nitrogens with two attached hydrogens (primary N) is 1. The Morgan fingerprint density at radius 2 is 1.67 bits per heavy atom. The largest absolute Gasteiger partial charge is 0.769 e. The fourth-order valence-corrected chi connectivity index (χ4v) is 2.07. The highest BCUT2D eigenvalue weighted by molar-refractivity contribution is 7.79. The Morgan fingerprint density at radius 3 is 2.22 bits per heavy atom. The lowest BCUT2D eigenvalue weighted by molar-refractivity contribution is 0.274. The molecule has 0 aliphatic carbocycles. The second kappa shape index (κ2) is 5.66. The van der Waals surface area contributed by atoms with Gasteiger partial charge in [-0.15, -0.1) is 0 Å². The average Bonchev–Trinajstić information content (AvgIpc) is 2.38. The molecule has 0 spiro atoms. The zero-order chi connectivity index (χ0) is 13.0. The molecule has 2 unspecified atom stereocenters. The van der Waals surface area contributed by atoms with Gasteiger partial charge in [-0.25, -0.2) is 0 Å². The summed E-state index contributed by atoms with van der Waals surface area (Å²) in [6.45, 7) is 0. The van der Waals surface area contributed by atoms with E-state index in [4.69, 9.17) is 10.5 Å². The smallest absolute Gasteiger partial charge is 0.185 e. The number of hydrogen-bond donors (Lipinski definition) is 1. The van der Waals surface area contributed by atoms with Crippen LogP contribution in [0.2, 0.25) is 0 Å². The minimum atomic E-state index is -2.36. The highest BCUT2D eigenvalue weighted by Crippen LogP contribution is 2.24. The number of rotatable bonds is 4. The van der Waals surface area contributed by atoms with Gasteiger partial charge in [0.05, 0.1) is 0 Å². The van der Waals surface area contributed by atoms with Crippen LogP contribution in [0.5, 0.6) is 5.75 Å². The molecule has 2 aromatic rings. The molecule has 0 bridgehead atoms. The summed E-state index contributed by atoms with van der Waals surface area (Å²) in [6.07, 6.45) is 0. The van der Waals surface area contributed by atoms with Crippen molar-refractivity contribution in [3.63, 3.8) is 0 Å². The highest BCUT2D eigenvalue weighted by atomic mass is 32.2. The predicted octanol–water partition coefficient (Wildman–Crippen LogP) is 2.23. The van der Waals surface area contributed by atoms with Crippen LogP contribution in [-0.2, 0) is 11.1 Å². The van der Waals surface area contributed by atoms with Gasteiger partial charge in [0.2, 0.25) is 0 Å². The Balaban J connectivity index is 2.22. The molecule has 0 fully saturated rings. The van der Waals surface area contributed by atoms with Crippen LogP contribution in [0.15, 0.2) is 54.6 Å². The van der Waals surface area contributed by atoms with Gasteiger partial charge in [0.25, 0.3) is 0 Å².